The Morgan fingerprint density at radius 2 is 1.86 bits per heavy atom. The van der Waals surface area contributed by atoms with E-state index in [1.807, 2.05) is 73.6 Å². The predicted molar refractivity (Wildman–Crippen MR) is 143 cm³/mol. The van der Waals surface area contributed by atoms with Gasteiger partial charge in [-0.2, -0.15) is 0 Å². The van der Waals surface area contributed by atoms with Gasteiger partial charge in [-0.1, -0.05) is 48.3 Å². The van der Waals surface area contributed by atoms with Crippen LogP contribution in [0.15, 0.2) is 82.2 Å². The van der Waals surface area contributed by atoms with Crippen LogP contribution in [0.3, 0.4) is 0 Å². The molecule has 0 saturated heterocycles. The minimum atomic E-state index is -0.660. The lowest BCUT2D eigenvalue weighted by Gasteiger charge is -2.24. The molecule has 0 amide bonds. The van der Waals surface area contributed by atoms with Crippen LogP contribution in [0, 0.1) is 0 Å². The van der Waals surface area contributed by atoms with Crippen molar-refractivity contribution in [1.82, 2.24) is 4.57 Å². The van der Waals surface area contributed by atoms with Gasteiger partial charge in [0.25, 0.3) is 5.56 Å². The zero-order valence-electron chi connectivity index (χ0n) is 20.9. The van der Waals surface area contributed by atoms with Gasteiger partial charge in [0.2, 0.25) is 0 Å². The van der Waals surface area contributed by atoms with Crippen molar-refractivity contribution in [3.8, 4) is 5.75 Å². The van der Waals surface area contributed by atoms with E-state index >= 15 is 0 Å². The van der Waals surface area contributed by atoms with Crippen LogP contribution in [0.4, 0.5) is 5.69 Å². The quantitative estimate of drug-likeness (QED) is 0.348. The van der Waals surface area contributed by atoms with E-state index in [1.54, 1.807) is 24.5 Å². The number of allylic oxidation sites excluding steroid dienone is 1. The number of ether oxygens (including phenoxy) is 2. The van der Waals surface area contributed by atoms with Crippen molar-refractivity contribution in [2.24, 2.45) is 4.99 Å². The first-order valence-corrected chi connectivity index (χ1v) is 12.5. The summed E-state index contributed by atoms with van der Waals surface area (Å²) in [6.07, 6.45) is 3.53. The minimum absolute atomic E-state index is 0.207. The van der Waals surface area contributed by atoms with E-state index in [4.69, 9.17) is 9.47 Å². The summed E-state index contributed by atoms with van der Waals surface area (Å²) < 4.78 is 13.1. The largest absolute Gasteiger partial charge is 0.490 e. The molecular formula is C28H29N3O4S. The van der Waals surface area contributed by atoms with E-state index in [2.05, 4.69) is 11.6 Å². The lowest BCUT2D eigenvalue weighted by molar-refractivity contribution is -0.139. The number of aromatic nitrogens is 1. The molecule has 0 saturated carbocycles. The molecule has 1 aliphatic heterocycles. The number of esters is 1. The summed E-state index contributed by atoms with van der Waals surface area (Å²) in [7, 11) is 3.96. The van der Waals surface area contributed by atoms with Crippen LogP contribution in [0.2, 0.25) is 0 Å². The fourth-order valence-electron chi connectivity index (χ4n) is 4.03. The molecule has 186 valence electrons. The third kappa shape index (κ3) is 5.04. The number of nitrogens with zero attached hydrogens (tertiary/aromatic N) is 3. The maximum atomic E-state index is 13.7. The first-order valence-electron chi connectivity index (χ1n) is 11.6. The van der Waals surface area contributed by atoms with Crippen molar-refractivity contribution < 1.29 is 14.3 Å². The zero-order chi connectivity index (χ0) is 25.8. The van der Waals surface area contributed by atoms with Gasteiger partial charge in [-0.05, 0) is 55.3 Å². The summed E-state index contributed by atoms with van der Waals surface area (Å²) in [5, 5.41) is 0. The molecule has 0 spiro atoms. The van der Waals surface area contributed by atoms with Crippen LogP contribution in [0.1, 0.15) is 31.0 Å². The SMILES string of the molecule is C=CCOc1ccc(C2C(C(=O)OCC)=C(C)N=c3sc(=Cc4ccc(N(C)C)cc4)c(=O)n32)cc1. The molecule has 8 heteroatoms. The fraction of sp³-hybridized carbons (Fsp3) is 0.250. The molecule has 36 heavy (non-hydrogen) atoms. The number of carbonyl (C=O) groups excluding carboxylic acids is 1. The molecule has 2 aromatic carbocycles. The highest BCUT2D eigenvalue weighted by atomic mass is 32.1. The molecular weight excluding hydrogens is 474 g/mol. The standard InChI is InChI=1S/C28H29N3O4S/c1-6-16-35-22-14-10-20(11-15-22)25-24(27(33)34-7-2)18(3)29-28-31(25)26(32)23(36-28)17-19-8-12-21(13-9-19)30(4)5/h6,8-15,17,25H,1,7,16H2,2-5H3. The van der Waals surface area contributed by atoms with Gasteiger partial charge >= 0.3 is 5.97 Å². The van der Waals surface area contributed by atoms with Crippen LogP contribution >= 0.6 is 11.3 Å². The summed E-state index contributed by atoms with van der Waals surface area (Å²) in [6.45, 7) is 7.81. The molecule has 0 aliphatic carbocycles. The first kappa shape index (κ1) is 25.2. The number of thiazole rings is 1. The van der Waals surface area contributed by atoms with Gasteiger partial charge in [0.1, 0.15) is 12.4 Å². The third-order valence-corrected chi connectivity index (χ3v) is 6.77. The number of anilines is 1. The minimum Gasteiger partial charge on any atom is -0.490 e. The van der Waals surface area contributed by atoms with Crippen LogP contribution in [0.5, 0.6) is 5.75 Å². The van der Waals surface area contributed by atoms with Gasteiger partial charge in [0, 0.05) is 19.8 Å². The summed E-state index contributed by atoms with van der Waals surface area (Å²) in [4.78, 5) is 33.9. The van der Waals surface area contributed by atoms with Gasteiger partial charge in [-0.25, -0.2) is 9.79 Å². The highest BCUT2D eigenvalue weighted by Gasteiger charge is 2.33. The maximum absolute atomic E-state index is 13.7. The van der Waals surface area contributed by atoms with E-state index < -0.39 is 12.0 Å². The Labute approximate surface area is 213 Å². The maximum Gasteiger partial charge on any atom is 0.338 e. The zero-order valence-corrected chi connectivity index (χ0v) is 21.7. The molecule has 0 N–H and O–H groups in total. The molecule has 0 fully saturated rings. The van der Waals surface area contributed by atoms with E-state index in [-0.39, 0.29) is 12.2 Å². The van der Waals surface area contributed by atoms with E-state index in [1.165, 1.54) is 11.3 Å². The summed E-state index contributed by atoms with van der Waals surface area (Å²) in [6, 6.07) is 14.7. The van der Waals surface area contributed by atoms with Crippen LogP contribution in [0.25, 0.3) is 6.08 Å². The number of carbonyl (C=O) groups is 1. The van der Waals surface area contributed by atoms with Crippen LogP contribution in [-0.4, -0.2) is 37.8 Å². The van der Waals surface area contributed by atoms with Crippen molar-refractivity contribution in [2.45, 2.75) is 19.9 Å². The lowest BCUT2D eigenvalue weighted by Crippen LogP contribution is -2.39. The molecule has 0 radical (unpaired) electrons. The number of benzene rings is 2. The second-order valence-corrected chi connectivity index (χ2v) is 9.47. The van der Waals surface area contributed by atoms with Gasteiger partial charge in [-0.3, -0.25) is 9.36 Å². The molecule has 7 nitrogen and oxygen atoms in total. The van der Waals surface area contributed by atoms with Crippen molar-refractivity contribution in [2.75, 3.05) is 32.2 Å². The molecule has 1 aliphatic rings. The third-order valence-electron chi connectivity index (χ3n) is 5.79. The van der Waals surface area contributed by atoms with Gasteiger partial charge in [0.05, 0.1) is 28.5 Å². The van der Waals surface area contributed by atoms with Gasteiger partial charge in [0.15, 0.2) is 4.80 Å². The highest BCUT2D eigenvalue weighted by molar-refractivity contribution is 7.07. The van der Waals surface area contributed by atoms with Crippen molar-refractivity contribution in [1.29, 1.82) is 0 Å². The Morgan fingerprint density at radius 3 is 2.47 bits per heavy atom. The predicted octanol–water partition coefficient (Wildman–Crippen LogP) is 3.43. The molecule has 1 aromatic heterocycles. The molecule has 4 rings (SSSR count). The van der Waals surface area contributed by atoms with E-state index in [0.717, 1.165) is 16.8 Å². The normalized spacial score (nSPS) is 15.2. The second kappa shape index (κ2) is 10.8. The number of rotatable bonds is 8. The van der Waals surface area contributed by atoms with Gasteiger partial charge < -0.3 is 14.4 Å². The second-order valence-electron chi connectivity index (χ2n) is 8.46. The molecule has 3 aromatic rings. The molecule has 1 unspecified atom stereocenters. The average Bonchev–Trinajstić information content (AvgIpc) is 3.16. The molecule has 0 bridgehead atoms. The number of hydrogen-bond acceptors (Lipinski definition) is 7. The Morgan fingerprint density at radius 1 is 1.17 bits per heavy atom. The number of hydrogen-bond donors (Lipinski definition) is 0. The molecule has 2 heterocycles. The van der Waals surface area contributed by atoms with Crippen molar-refractivity contribution >= 4 is 29.1 Å². The molecule has 1 atom stereocenters. The van der Waals surface area contributed by atoms with E-state index in [0.29, 0.717) is 33.0 Å². The Hall–Kier alpha value is -3.91. The number of fused-ring (bicyclic) bond motifs is 1. The highest BCUT2D eigenvalue weighted by Crippen LogP contribution is 2.31. The van der Waals surface area contributed by atoms with E-state index in [9.17, 15) is 9.59 Å². The summed E-state index contributed by atoms with van der Waals surface area (Å²) >= 11 is 1.31. The average molecular weight is 504 g/mol. The lowest BCUT2D eigenvalue weighted by atomic mass is 9.96. The summed E-state index contributed by atoms with van der Waals surface area (Å²) in [5.74, 6) is 0.190. The van der Waals surface area contributed by atoms with Gasteiger partial charge in [-0.15, -0.1) is 0 Å². The Balaban J connectivity index is 1.85. The smallest absolute Gasteiger partial charge is 0.338 e. The summed E-state index contributed by atoms with van der Waals surface area (Å²) in [5.41, 5.74) is 3.43. The van der Waals surface area contributed by atoms with Crippen LogP contribution < -0.4 is 24.5 Å². The Bertz CT molecular complexity index is 1480. The van der Waals surface area contributed by atoms with Crippen molar-refractivity contribution in [3.63, 3.8) is 0 Å². The first-order chi connectivity index (χ1) is 17.3. The van der Waals surface area contributed by atoms with Crippen molar-refractivity contribution in [3.05, 3.63) is 103 Å². The Kier molecular flexibility index (Phi) is 7.55. The topological polar surface area (TPSA) is 73.1 Å². The van der Waals surface area contributed by atoms with Crippen LogP contribution in [-0.2, 0) is 9.53 Å². The monoisotopic (exact) mass is 503 g/mol. The fourth-order valence-corrected chi connectivity index (χ4v) is 5.08.